The molecule has 2 aromatic rings. The summed E-state index contributed by atoms with van der Waals surface area (Å²) >= 11 is 6.81. The van der Waals surface area contributed by atoms with Gasteiger partial charge in [0, 0.05) is 5.56 Å². The Hall–Kier alpha value is -2.45. The van der Waals surface area contributed by atoms with E-state index in [1.165, 1.54) is 7.11 Å². The molecule has 3 rings (SSSR count). The van der Waals surface area contributed by atoms with Gasteiger partial charge in [-0.25, -0.2) is 14.6 Å². The molecule has 0 saturated heterocycles. The van der Waals surface area contributed by atoms with Crippen molar-refractivity contribution in [2.24, 2.45) is 4.99 Å². The first kappa shape index (κ1) is 20.3. The first-order valence-corrected chi connectivity index (χ1v) is 9.75. The average Bonchev–Trinajstić information content (AvgIpc) is 3.01. The van der Waals surface area contributed by atoms with Gasteiger partial charge in [0.25, 0.3) is 0 Å². The summed E-state index contributed by atoms with van der Waals surface area (Å²) in [5.74, 6) is -0.274. The molecule has 0 fully saturated rings. The van der Waals surface area contributed by atoms with Gasteiger partial charge in [0.15, 0.2) is 12.3 Å². The van der Waals surface area contributed by atoms with Crippen LogP contribution in [0.5, 0.6) is 5.75 Å². The van der Waals surface area contributed by atoms with Crippen molar-refractivity contribution in [2.75, 3.05) is 13.7 Å². The molecular weight excluding hydrogens is 494 g/mol. The molecule has 0 aliphatic carbocycles. The summed E-state index contributed by atoms with van der Waals surface area (Å²) in [5, 5.41) is 0. The minimum atomic E-state index is -0.517. The van der Waals surface area contributed by atoms with Gasteiger partial charge in [-0.1, -0.05) is 18.2 Å². The van der Waals surface area contributed by atoms with Gasteiger partial charge in [-0.05, 0) is 74.2 Å². The van der Waals surface area contributed by atoms with Crippen LogP contribution in [0.2, 0.25) is 0 Å². The zero-order valence-corrected chi connectivity index (χ0v) is 18.2. The van der Waals surface area contributed by atoms with Gasteiger partial charge in [-0.15, -0.1) is 0 Å². The van der Waals surface area contributed by atoms with Crippen LogP contribution in [-0.4, -0.2) is 31.6 Å². The number of cyclic esters (lactones) is 1. The van der Waals surface area contributed by atoms with Gasteiger partial charge >= 0.3 is 11.9 Å². The number of aryl methyl sites for hydroxylation is 1. The number of aliphatic imine (C=N–C) groups is 1. The predicted octanol–water partition coefficient (Wildman–Crippen LogP) is 4.42. The van der Waals surface area contributed by atoms with Gasteiger partial charge in [0.2, 0.25) is 5.90 Å². The largest absolute Gasteiger partial charge is 0.480 e. The zero-order valence-electron chi connectivity index (χ0n) is 15.0. The van der Waals surface area contributed by atoms with Crippen LogP contribution < -0.4 is 4.74 Å². The smallest absolute Gasteiger partial charge is 0.363 e. The van der Waals surface area contributed by atoms with E-state index >= 15 is 0 Å². The second-order valence-electron chi connectivity index (χ2n) is 5.83. The van der Waals surface area contributed by atoms with Crippen LogP contribution in [-0.2, 0) is 19.1 Å². The van der Waals surface area contributed by atoms with Gasteiger partial charge in [0.05, 0.1) is 16.1 Å². The van der Waals surface area contributed by atoms with Crippen LogP contribution >= 0.6 is 31.9 Å². The fourth-order valence-electron chi connectivity index (χ4n) is 2.49. The fraction of sp³-hybridized carbons (Fsp3) is 0.150. The van der Waals surface area contributed by atoms with Crippen molar-refractivity contribution < 1.29 is 23.8 Å². The van der Waals surface area contributed by atoms with Crippen molar-refractivity contribution in [3.8, 4) is 5.75 Å². The first-order valence-electron chi connectivity index (χ1n) is 8.16. The standard InChI is InChI=1S/C20H15Br2NO5/c1-11-5-3-4-6-13(11)19-23-16(20(25)28-19)9-12-7-14(21)18(15(22)8-12)27-10-17(24)26-2/h3-9H,10H2,1-2H3/b16-9-. The molecule has 0 atom stereocenters. The van der Waals surface area contributed by atoms with Crippen molar-refractivity contribution >= 4 is 55.8 Å². The lowest BCUT2D eigenvalue weighted by molar-refractivity contribution is -0.143. The van der Waals surface area contributed by atoms with Gasteiger partial charge < -0.3 is 14.2 Å². The Balaban J connectivity index is 1.88. The van der Waals surface area contributed by atoms with Crippen molar-refractivity contribution in [1.29, 1.82) is 0 Å². The van der Waals surface area contributed by atoms with Crippen molar-refractivity contribution in [3.05, 3.63) is 67.7 Å². The second-order valence-corrected chi connectivity index (χ2v) is 7.54. The molecular formula is C20H15Br2NO5. The molecule has 0 bridgehead atoms. The molecule has 1 aliphatic heterocycles. The number of methoxy groups -OCH3 is 1. The van der Waals surface area contributed by atoms with E-state index in [2.05, 4.69) is 41.6 Å². The summed E-state index contributed by atoms with van der Waals surface area (Å²) in [7, 11) is 1.29. The summed E-state index contributed by atoms with van der Waals surface area (Å²) in [6.07, 6.45) is 1.62. The molecule has 0 saturated carbocycles. The van der Waals surface area contributed by atoms with E-state index in [0.717, 1.165) is 11.1 Å². The number of nitrogens with zero attached hydrogens (tertiary/aromatic N) is 1. The average molecular weight is 509 g/mol. The molecule has 0 unspecified atom stereocenters. The number of benzene rings is 2. The minimum Gasteiger partial charge on any atom is -0.480 e. The van der Waals surface area contributed by atoms with Crippen molar-refractivity contribution in [2.45, 2.75) is 6.92 Å². The molecule has 0 radical (unpaired) electrons. The molecule has 1 aliphatic rings. The minimum absolute atomic E-state index is 0.195. The number of esters is 2. The number of halogens is 2. The van der Waals surface area contributed by atoms with E-state index in [9.17, 15) is 9.59 Å². The normalized spacial score (nSPS) is 14.6. The topological polar surface area (TPSA) is 74.2 Å². The highest BCUT2D eigenvalue weighted by Crippen LogP contribution is 2.35. The maximum atomic E-state index is 12.2. The maximum Gasteiger partial charge on any atom is 0.363 e. The third kappa shape index (κ3) is 4.51. The quantitative estimate of drug-likeness (QED) is 0.441. The Morgan fingerprint density at radius 2 is 1.89 bits per heavy atom. The van der Waals surface area contributed by atoms with E-state index in [0.29, 0.717) is 20.3 Å². The maximum absolute atomic E-state index is 12.2. The third-order valence-electron chi connectivity index (χ3n) is 3.88. The fourth-order valence-corrected chi connectivity index (χ4v) is 3.94. The summed E-state index contributed by atoms with van der Waals surface area (Å²) in [6.45, 7) is 1.71. The lowest BCUT2D eigenvalue weighted by Gasteiger charge is -2.10. The summed E-state index contributed by atoms with van der Waals surface area (Å²) in [6, 6.07) is 11.0. The number of ether oxygens (including phenoxy) is 3. The van der Waals surface area contributed by atoms with Gasteiger partial charge in [0.1, 0.15) is 5.75 Å². The molecule has 2 aromatic carbocycles. The second kappa shape index (κ2) is 8.70. The third-order valence-corrected chi connectivity index (χ3v) is 5.06. The van der Waals surface area contributed by atoms with E-state index in [1.54, 1.807) is 18.2 Å². The molecule has 144 valence electrons. The van der Waals surface area contributed by atoms with Gasteiger partial charge in [-0.3, -0.25) is 0 Å². The lowest BCUT2D eigenvalue weighted by atomic mass is 10.1. The highest BCUT2D eigenvalue weighted by Gasteiger charge is 2.25. The highest BCUT2D eigenvalue weighted by molar-refractivity contribution is 9.11. The Bertz CT molecular complexity index is 990. The summed E-state index contributed by atoms with van der Waals surface area (Å²) in [4.78, 5) is 27.8. The van der Waals surface area contributed by atoms with Crippen molar-refractivity contribution in [1.82, 2.24) is 0 Å². The van der Waals surface area contributed by atoms with Crippen LogP contribution in [0.4, 0.5) is 0 Å². The highest BCUT2D eigenvalue weighted by atomic mass is 79.9. The summed E-state index contributed by atoms with van der Waals surface area (Å²) < 4.78 is 16.5. The van der Waals surface area contributed by atoms with Crippen LogP contribution in [0.3, 0.4) is 0 Å². The van der Waals surface area contributed by atoms with Crippen LogP contribution in [0.15, 0.2) is 56.0 Å². The zero-order chi connectivity index (χ0) is 20.3. The van der Waals surface area contributed by atoms with E-state index < -0.39 is 11.9 Å². The van der Waals surface area contributed by atoms with Crippen molar-refractivity contribution in [3.63, 3.8) is 0 Å². The number of hydrogen-bond acceptors (Lipinski definition) is 6. The molecule has 0 amide bonds. The SMILES string of the molecule is COC(=O)COc1c(Br)cc(/C=C2\N=C(c3ccccc3C)OC2=O)cc1Br. The van der Waals surface area contributed by atoms with Gasteiger partial charge in [-0.2, -0.15) is 0 Å². The number of carbonyl (C=O) groups excluding carboxylic acids is 2. The molecule has 6 nitrogen and oxygen atoms in total. The monoisotopic (exact) mass is 507 g/mol. The van der Waals surface area contributed by atoms with E-state index in [1.807, 2.05) is 31.2 Å². The van der Waals surface area contributed by atoms with Crippen LogP contribution in [0, 0.1) is 6.92 Å². The molecule has 0 N–H and O–H groups in total. The Morgan fingerprint density at radius 1 is 1.21 bits per heavy atom. The Kier molecular flexibility index (Phi) is 6.31. The summed E-state index contributed by atoms with van der Waals surface area (Å²) in [5.41, 5.74) is 2.63. The lowest BCUT2D eigenvalue weighted by Crippen LogP contribution is -2.13. The van der Waals surface area contributed by atoms with Crippen LogP contribution in [0.25, 0.3) is 6.08 Å². The molecule has 8 heteroatoms. The molecule has 0 spiro atoms. The predicted molar refractivity (Wildman–Crippen MR) is 111 cm³/mol. The molecule has 28 heavy (non-hydrogen) atoms. The van der Waals surface area contributed by atoms with E-state index in [4.69, 9.17) is 9.47 Å². The Labute approximate surface area is 178 Å². The number of carbonyl (C=O) groups is 2. The molecule has 0 aromatic heterocycles. The number of hydrogen-bond donors (Lipinski definition) is 0. The number of rotatable bonds is 5. The van der Waals surface area contributed by atoms with Crippen LogP contribution in [0.1, 0.15) is 16.7 Å². The Morgan fingerprint density at radius 3 is 2.54 bits per heavy atom. The molecule has 1 heterocycles. The first-order chi connectivity index (χ1) is 13.4. The van der Waals surface area contributed by atoms with E-state index in [-0.39, 0.29) is 18.2 Å².